The van der Waals surface area contributed by atoms with Crippen molar-refractivity contribution in [1.29, 1.82) is 0 Å². The zero-order valence-corrected chi connectivity index (χ0v) is 17.4. The van der Waals surface area contributed by atoms with E-state index in [4.69, 9.17) is 11.6 Å². The molecule has 1 N–H and O–H groups in total. The summed E-state index contributed by atoms with van der Waals surface area (Å²) in [5, 5.41) is 3.54. The fourth-order valence-electron chi connectivity index (χ4n) is 2.65. The molecule has 0 fully saturated rings. The second-order valence-electron chi connectivity index (χ2n) is 7.17. The van der Waals surface area contributed by atoms with Crippen LogP contribution < -0.4 is 5.32 Å². The molecule has 5 heteroatoms. The van der Waals surface area contributed by atoms with E-state index < -0.39 is 0 Å². The Morgan fingerprint density at radius 2 is 1.62 bits per heavy atom. The SMILES string of the molecule is CC(C)(CNC(=O)CCC(=O)c1ccc(Cl)cc1)Cc1ccc(Br)cc1. The molecule has 0 atom stereocenters. The lowest BCUT2D eigenvalue weighted by Gasteiger charge is -2.25. The van der Waals surface area contributed by atoms with Gasteiger partial charge >= 0.3 is 0 Å². The monoisotopic (exact) mass is 435 g/mol. The maximum atomic E-state index is 12.1. The Kier molecular flexibility index (Phi) is 7.42. The largest absolute Gasteiger partial charge is 0.356 e. The van der Waals surface area contributed by atoms with Crippen molar-refractivity contribution in [2.24, 2.45) is 5.41 Å². The number of carbonyl (C=O) groups excluding carboxylic acids is 2. The summed E-state index contributed by atoms with van der Waals surface area (Å²) in [6, 6.07) is 14.9. The van der Waals surface area contributed by atoms with E-state index in [1.54, 1.807) is 24.3 Å². The molecule has 0 bridgehead atoms. The lowest BCUT2D eigenvalue weighted by atomic mass is 9.85. The van der Waals surface area contributed by atoms with Crippen LogP contribution in [0.5, 0.6) is 0 Å². The van der Waals surface area contributed by atoms with E-state index in [9.17, 15) is 9.59 Å². The van der Waals surface area contributed by atoms with Gasteiger partial charge in [-0.2, -0.15) is 0 Å². The summed E-state index contributed by atoms with van der Waals surface area (Å²) in [5.74, 6) is -0.151. The molecule has 0 unspecified atom stereocenters. The smallest absolute Gasteiger partial charge is 0.220 e. The van der Waals surface area contributed by atoms with E-state index in [2.05, 4.69) is 47.2 Å². The molecule has 0 aliphatic rings. The Hall–Kier alpha value is -1.65. The lowest BCUT2D eigenvalue weighted by molar-refractivity contribution is -0.121. The number of rotatable bonds is 8. The lowest BCUT2D eigenvalue weighted by Crippen LogP contribution is -2.35. The third-order valence-electron chi connectivity index (χ3n) is 4.11. The van der Waals surface area contributed by atoms with Gasteiger partial charge in [-0.15, -0.1) is 0 Å². The highest BCUT2D eigenvalue weighted by Gasteiger charge is 2.20. The number of hydrogen-bond acceptors (Lipinski definition) is 2. The molecule has 26 heavy (non-hydrogen) atoms. The molecular weight excluding hydrogens is 414 g/mol. The van der Waals surface area contributed by atoms with Gasteiger partial charge in [-0.3, -0.25) is 9.59 Å². The maximum Gasteiger partial charge on any atom is 0.220 e. The minimum absolute atomic E-state index is 0.0501. The maximum absolute atomic E-state index is 12.1. The first kappa shape index (κ1) is 20.7. The van der Waals surface area contributed by atoms with Crippen LogP contribution in [0.3, 0.4) is 0 Å². The first-order valence-electron chi connectivity index (χ1n) is 8.55. The van der Waals surface area contributed by atoms with Crippen LogP contribution in [0.1, 0.15) is 42.6 Å². The number of ketones is 1. The third kappa shape index (κ3) is 6.93. The minimum atomic E-state index is -0.101. The van der Waals surface area contributed by atoms with Crippen LogP contribution >= 0.6 is 27.5 Å². The summed E-state index contributed by atoms with van der Waals surface area (Å²) in [7, 11) is 0. The van der Waals surface area contributed by atoms with Gasteiger partial charge in [0.2, 0.25) is 5.91 Å². The molecule has 0 saturated carbocycles. The van der Waals surface area contributed by atoms with E-state index >= 15 is 0 Å². The van der Waals surface area contributed by atoms with Crippen molar-refractivity contribution in [2.45, 2.75) is 33.1 Å². The molecule has 0 aliphatic heterocycles. The highest BCUT2D eigenvalue weighted by atomic mass is 79.9. The minimum Gasteiger partial charge on any atom is -0.356 e. The molecule has 0 heterocycles. The molecule has 2 rings (SSSR count). The van der Waals surface area contributed by atoms with Crippen molar-refractivity contribution in [3.8, 4) is 0 Å². The van der Waals surface area contributed by atoms with E-state index in [0.29, 0.717) is 17.1 Å². The second-order valence-corrected chi connectivity index (χ2v) is 8.53. The fraction of sp³-hybridized carbons (Fsp3) is 0.333. The van der Waals surface area contributed by atoms with Crippen molar-refractivity contribution in [1.82, 2.24) is 5.32 Å². The predicted octanol–water partition coefficient (Wildman–Crippen LogP) is 5.45. The molecule has 0 saturated heterocycles. The predicted molar refractivity (Wildman–Crippen MR) is 110 cm³/mol. The Bertz CT molecular complexity index is 755. The molecule has 0 spiro atoms. The van der Waals surface area contributed by atoms with Gasteiger partial charge in [0.25, 0.3) is 0 Å². The van der Waals surface area contributed by atoms with Gasteiger partial charge in [0, 0.05) is 34.4 Å². The van der Waals surface area contributed by atoms with Crippen molar-refractivity contribution >= 4 is 39.2 Å². The number of halogens is 2. The van der Waals surface area contributed by atoms with Crippen LogP contribution in [0.25, 0.3) is 0 Å². The molecule has 2 aromatic rings. The van der Waals surface area contributed by atoms with Crippen LogP contribution in [0, 0.1) is 5.41 Å². The number of Topliss-reactive ketones (excluding diaryl/α,β-unsaturated/α-hetero) is 1. The average molecular weight is 437 g/mol. The Morgan fingerprint density at radius 1 is 1.00 bits per heavy atom. The molecule has 0 aliphatic carbocycles. The van der Waals surface area contributed by atoms with E-state index in [-0.39, 0.29) is 29.9 Å². The van der Waals surface area contributed by atoms with Gasteiger partial charge in [0.1, 0.15) is 0 Å². The van der Waals surface area contributed by atoms with Gasteiger partial charge in [-0.05, 0) is 53.8 Å². The van der Waals surface area contributed by atoms with Gasteiger partial charge in [-0.25, -0.2) is 0 Å². The Morgan fingerprint density at radius 3 is 2.23 bits per heavy atom. The van der Waals surface area contributed by atoms with Gasteiger partial charge in [-0.1, -0.05) is 53.5 Å². The first-order valence-corrected chi connectivity index (χ1v) is 9.72. The van der Waals surface area contributed by atoms with Crippen molar-refractivity contribution in [2.75, 3.05) is 6.54 Å². The molecule has 138 valence electrons. The second kappa shape index (κ2) is 9.33. The highest BCUT2D eigenvalue weighted by Crippen LogP contribution is 2.22. The van der Waals surface area contributed by atoms with Crippen LogP contribution in [-0.4, -0.2) is 18.2 Å². The van der Waals surface area contributed by atoms with Gasteiger partial charge in [0.05, 0.1) is 0 Å². The Labute approximate surface area is 168 Å². The summed E-state index contributed by atoms with van der Waals surface area (Å²) < 4.78 is 1.05. The highest BCUT2D eigenvalue weighted by molar-refractivity contribution is 9.10. The van der Waals surface area contributed by atoms with Crippen molar-refractivity contribution in [3.63, 3.8) is 0 Å². The molecule has 0 radical (unpaired) electrons. The molecule has 0 aromatic heterocycles. The summed E-state index contributed by atoms with van der Waals surface area (Å²) in [6.45, 7) is 4.80. The van der Waals surface area contributed by atoms with Crippen LogP contribution in [0.15, 0.2) is 53.0 Å². The van der Waals surface area contributed by atoms with Gasteiger partial charge < -0.3 is 5.32 Å². The number of nitrogens with one attached hydrogen (secondary N) is 1. The summed E-state index contributed by atoms with van der Waals surface area (Å²) in [6.07, 6.45) is 1.25. The first-order chi connectivity index (χ1) is 12.2. The third-order valence-corrected chi connectivity index (χ3v) is 4.89. The zero-order chi connectivity index (χ0) is 19.2. The molecule has 2 aromatic carbocycles. The normalized spacial score (nSPS) is 11.2. The summed E-state index contributed by atoms with van der Waals surface area (Å²) >= 11 is 9.25. The van der Waals surface area contributed by atoms with Crippen LogP contribution in [0.4, 0.5) is 0 Å². The number of carbonyl (C=O) groups is 2. The number of hydrogen-bond donors (Lipinski definition) is 1. The number of amides is 1. The molecular formula is C21H23BrClNO2. The molecule has 3 nitrogen and oxygen atoms in total. The summed E-state index contributed by atoms with van der Waals surface area (Å²) in [4.78, 5) is 24.2. The van der Waals surface area contributed by atoms with Crippen molar-refractivity contribution < 1.29 is 9.59 Å². The van der Waals surface area contributed by atoms with E-state index in [0.717, 1.165) is 10.9 Å². The van der Waals surface area contributed by atoms with Crippen LogP contribution in [0.2, 0.25) is 5.02 Å². The van der Waals surface area contributed by atoms with Crippen LogP contribution in [-0.2, 0) is 11.2 Å². The Balaban J connectivity index is 1.77. The summed E-state index contributed by atoms with van der Waals surface area (Å²) in [5.41, 5.74) is 1.74. The van der Waals surface area contributed by atoms with E-state index in [1.165, 1.54) is 5.56 Å². The fourth-order valence-corrected chi connectivity index (χ4v) is 3.04. The topological polar surface area (TPSA) is 46.2 Å². The molecule has 1 amide bonds. The quantitative estimate of drug-likeness (QED) is 0.559. The average Bonchev–Trinajstić information content (AvgIpc) is 2.60. The van der Waals surface area contributed by atoms with E-state index in [1.807, 2.05) is 12.1 Å². The van der Waals surface area contributed by atoms with Crippen molar-refractivity contribution in [3.05, 3.63) is 69.2 Å². The standard InChI is InChI=1S/C21H23BrClNO2/c1-21(2,13-15-3-7-17(22)8-4-15)14-24-20(26)12-11-19(25)16-5-9-18(23)10-6-16/h3-10H,11-14H2,1-2H3,(H,24,26). The number of benzene rings is 2. The van der Waals surface area contributed by atoms with Gasteiger partial charge in [0.15, 0.2) is 5.78 Å². The zero-order valence-electron chi connectivity index (χ0n) is 15.0.